The summed E-state index contributed by atoms with van der Waals surface area (Å²) in [5.74, 6) is 0.708. The average molecular weight is 343 g/mol. The predicted octanol–water partition coefficient (Wildman–Crippen LogP) is 1.79. The topological polar surface area (TPSA) is 83.3 Å². The van der Waals surface area contributed by atoms with Crippen LogP contribution in [0.1, 0.15) is 42.3 Å². The van der Waals surface area contributed by atoms with E-state index in [1.807, 2.05) is 17.0 Å². The molecular formula is C18H25N5O2. The maximum absolute atomic E-state index is 12.8. The number of aliphatic hydroxyl groups excluding tert-OH is 1. The molecule has 7 nitrogen and oxygen atoms in total. The van der Waals surface area contributed by atoms with Crippen LogP contribution in [0.2, 0.25) is 0 Å². The summed E-state index contributed by atoms with van der Waals surface area (Å²) in [5.41, 5.74) is 2.54. The number of nitrogens with one attached hydrogen (secondary N) is 1. The molecule has 0 fully saturated rings. The number of fused-ring (bicyclic) bond motifs is 1. The highest BCUT2D eigenvalue weighted by Crippen LogP contribution is 2.34. The lowest BCUT2D eigenvalue weighted by Crippen LogP contribution is -2.44. The minimum atomic E-state index is -0.127. The van der Waals surface area contributed by atoms with Gasteiger partial charge in [-0.1, -0.05) is 24.3 Å². The summed E-state index contributed by atoms with van der Waals surface area (Å²) in [5, 5.41) is 16.2. The van der Waals surface area contributed by atoms with Crippen LogP contribution in [0.5, 0.6) is 0 Å². The molecule has 7 heteroatoms. The zero-order valence-corrected chi connectivity index (χ0v) is 14.6. The molecule has 1 atom stereocenters. The van der Waals surface area contributed by atoms with Gasteiger partial charge in [0.2, 0.25) is 0 Å². The van der Waals surface area contributed by atoms with Crippen molar-refractivity contribution in [2.24, 2.45) is 7.05 Å². The molecule has 3 rings (SSSR count). The molecule has 1 heterocycles. The molecule has 1 aromatic heterocycles. The fraction of sp³-hybridized carbons (Fsp3) is 0.500. The Morgan fingerprint density at radius 2 is 2.28 bits per heavy atom. The highest BCUT2D eigenvalue weighted by Gasteiger charge is 2.28. The van der Waals surface area contributed by atoms with Gasteiger partial charge in [0.15, 0.2) is 0 Å². The number of carbonyl (C=O) groups excluding carboxylic acids is 1. The third-order valence-electron chi connectivity index (χ3n) is 4.73. The van der Waals surface area contributed by atoms with Crippen molar-refractivity contribution >= 4 is 6.03 Å². The summed E-state index contributed by atoms with van der Waals surface area (Å²) in [6.45, 7) is 0.931. The van der Waals surface area contributed by atoms with Gasteiger partial charge in [0, 0.05) is 20.2 Å². The third kappa shape index (κ3) is 3.99. The fourth-order valence-electron chi connectivity index (χ4n) is 3.43. The Kier molecular flexibility index (Phi) is 5.65. The van der Waals surface area contributed by atoms with Crippen molar-refractivity contribution in [1.82, 2.24) is 25.0 Å². The van der Waals surface area contributed by atoms with Crippen LogP contribution in [0.4, 0.5) is 4.79 Å². The largest absolute Gasteiger partial charge is 0.396 e. The number of amides is 2. The molecule has 2 aromatic rings. The maximum atomic E-state index is 12.8. The lowest BCUT2D eigenvalue weighted by molar-refractivity contribution is 0.157. The Morgan fingerprint density at radius 3 is 3.04 bits per heavy atom. The minimum absolute atomic E-state index is 0.0518. The van der Waals surface area contributed by atoms with Gasteiger partial charge in [0.1, 0.15) is 12.2 Å². The first-order chi connectivity index (χ1) is 12.2. The first-order valence-electron chi connectivity index (χ1n) is 8.76. The Hall–Kier alpha value is -2.41. The van der Waals surface area contributed by atoms with Crippen LogP contribution in [0, 0.1) is 0 Å². The molecule has 1 aliphatic rings. The van der Waals surface area contributed by atoms with Crippen LogP contribution >= 0.6 is 0 Å². The van der Waals surface area contributed by atoms with Crippen molar-refractivity contribution in [3.63, 3.8) is 0 Å². The van der Waals surface area contributed by atoms with Crippen LogP contribution in [-0.4, -0.2) is 44.0 Å². The van der Waals surface area contributed by atoms with Crippen molar-refractivity contribution in [1.29, 1.82) is 0 Å². The minimum Gasteiger partial charge on any atom is -0.396 e. The molecule has 134 valence electrons. The van der Waals surface area contributed by atoms with Gasteiger partial charge in [0.05, 0.1) is 12.6 Å². The summed E-state index contributed by atoms with van der Waals surface area (Å²) in [6.07, 6.45) is 5.10. The number of urea groups is 1. The van der Waals surface area contributed by atoms with Gasteiger partial charge in [-0.05, 0) is 36.8 Å². The second-order valence-corrected chi connectivity index (χ2v) is 6.34. The van der Waals surface area contributed by atoms with Gasteiger partial charge >= 0.3 is 6.03 Å². The van der Waals surface area contributed by atoms with E-state index in [9.17, 15) is 9.90 Å². The molecule has 25 heavy (non-hydrogen) atoms. The number of benzene rings is 1. The number of rotatable bonds is 6. The molecule has 0 aliphatic heterocycles. The summed E-state index contributed by atoms with van der Waals surface area (Å²) >= 11 is 0. The smallest absolute Gasteiger partial charge is 0.318 e. The third-order valence-corrected chi connectivity index (χ3v) is 4.73. The second kappa shape index (κ2) is 8.11. The van der Waals surface area contributed by atoms with E-state index in [1.165, 1.54) is 17.5 Å². The van der Waals surface area contributed by atoms with Crippen molar-refractivity contribution in [3.8, 4) is 0 Å². The molecular weight excluding hydrogens is 318 g/mol. The molecule has 0 saturated heterocycles. The van der Waals surface area contributed by atoms with Crippen LogP contribution in [-0.2, 0) is 20.0 Å². The van der Waals surface area contributed by atoms with Crippen LogP contribution in [0.25, 0.3) is 0 Å². The molecule has 0 bridgehead atoms. The van der Waals surface area contributed by atoms with E-state index in [0.717, 1.165) is 19.3 Å². The van der Waals surface area contributed by atoms with Gasteiger partial charge in [0.25, 0.3) is 0 Å². The Balaban J connectivity index is 1.75. The van der Waals surface area contributed by atoms with E-state index >= 15 is 0 Å². The molecule has 0 radical (unpaired) electrons. The molecule has 2 N–H and O–H groups in total. The normalized spacial score (nSPS) is 16.3. The number of hydrogen-bond acceptors (Lipinski definition) is 4. The fourth-order valence-corrected chi connectivity index (χ4v) is 3.43. The first kappa shape index (κ1) is 17.4. The molecule has 0 saturated carbocycles. The standard InChI is InChI=1S/C18H25N5O2/c1-22-17(20-13-21-22)12-19-18(25)23(10-5-11-24)16-9-4-7-14-6-2-3-8-15(14)16/h2-3,6,8,13,16,24H,4-5,7,9-12H2,1H3,(H,19,25). The Morgan fingerprint density at radius 1 is 1.44 bits per heavy atom. The number of aliphatic hydroxyl groups is 1. The van der Waals surface area contributed by atoms with Crippen molar-refractivity contribution < 1.29 is 9.90 Å². The molecule has 2 amide bonds. The maximum Gasteiger partial charge on any atom is 0.318 e. The van der Waals surface area contributed by atoms with Crippen LogP contribution < -0.4 is 5.32 Å². The van der Waals surface area contributed by atoms with Gasteiger partial charge < -0.3 is 15.3 Å². The van der Waals surface area contributed by atoms with Crippen LogP contribution in [0.3, 0.4) is 0 Å². The van der Waals surface area contributed by atoms with Crippen molar-refractivity contribution in [2.45, 2.75) is 38.3 Å². The van der Waals surface area contributed by atoms with Gasteiger partial charge in [-0.2, -0.15) is 5.10 Å². The summed E-state index contributed by atoms with van der Waals surface area (Å²) in [7, 11) is 1.80. The number of aryl methyl sites for hydroxylation is 2. The quantitative estimate of drug-likeness (QED) is 0.837. The van der Waals surface area contributed by atoms with Gasteiger partial charge in [-0.25, -0.2) is 9.78 Å². The Labute approximate surface area is 147 Å². The monoisotopic (exact) mass is 343 g/mol. The van der Waals surface area contributed by atoms with E-state index in [4.69, 9.17) is 0 Å². The lowest BCUT2D eigenvalue weighted by atomic mass is 9.87. The first-order valence-corrected chi connectivity index (χ1v) is 8.76. The Bertz CT molecular complexity index is 715. The molecule has 0 spiro atoms. The second-order valence-electron chi connectivity index (χ2n) is 6.34. The molecule has 1 aromatic carbocycles. The average Bonchev–Trinajstić information content (AvgIpc) is 3.05. The summed E-state index contributed by atoms with van der Waals surface area (Å²) < 4.78 is 1.65. The van der Waals surface area contributed by atoms with Crippen LogP contribution in [0.15, 0.2) is 30.6 Å². The van der Waals surface area contributed by atoms with E-state index in [2.05, 4.69) is 27.5 Å². The highest BCUT2D eigenvalue weighted by molar-refractivity contribution is 5.74. The number of hydrogen-bond donors (Lipinski definition) is 2. The zero-order valence-electron chi connectivity index (χ0n) is 14.6. The SMILES string of the molecule is Cn1ncnc1CNC(=O)N(CCCO)C1CCCc2ccccc21. The van der Waals surface area contributed by atoms with Gasteiger partial charge in [-0.3, -0.25) is 4.68 Å². The van der Waals surface area contributed by atoms with E-state index in [1.54, 1.807) is 11.7 Å². The zero-order chi connectivity index (χ0) is 17.6. The van der Waals surface area contributed by atoms with Gasteiger partial charge in [-0.15, -0.1) is 0 Å². The molecule has 1 unspecified atom stereocenters. The molecule has 1 aliphatic carbocycles. The lowest BCUT2D eigenvalue weighted by Gasteiger charge is -2.36. The van der Waals surface area contributed by atoms with Crippen molar-refractivity contribution in [2.75, 3.05) is 13.2 Å². The number of carbonyl (C=O) groups is 1. The van der Waals surface area contributed by atoms with E-state index < -0.39 is 0 Å². The number of aromatic nitrogens is 3. The van der Waals surface area contributed by atoms with Crippen molar-refractivity contribution in [3.05, 3.63) is 47.5 Å². The summed E-state index contributed by atoms with van der Waals surface area (Å²) in [4.78, 5) is 18.8. The van der Waals surface area contributed by atoms with E-state index in [-0.39, 0.29) is 18.7 Å². The number of nitrogens with zero attached hydrogens (tertiary/aromatic N) is 4. The van der Waals surface area contributed by atoms with E-state index in [0.29, 0.717) is 25.3 Å². The predicted molar refractivity (Wildman–Crippen MR) is 93.8 cm³/mol. The summed E-state index contributed by atoms with van der Waals surface area (Å²) in [6, 6.07) is 8.25. The highest BCUT2D eigenvalue weighted by atomic mass is 16.3.